The summed E-state index contributed by atoms with van der Waals surface area (Å²) in [6, 6.07) is 0. The zero-order valence-electron chi connectivity index (χ0n) is 17.2. The molecule has 3 atom stereocenters. The number of hydrogen-bond donors (Lipinski definition) is 2. The van der Waals surface area contributed by atoms with Crippen LogP contribution < -0.4 is 0 Å². The first kappa shape index (κ1) is 22.4. The number of carbonyl (C=O) groups is 1. The third-order valence-corrected chi connectivity index (χ3v) is 6.37. The van der Waals surface area contributed by atoms with Gasteiger partial charge in [-0.25, -0.2) is 0 Å². The Morgan fingerprint density at radius 2 is 1.85 bits per heavy atom. The molecule has 154 valence electrons. The molecule has 27 heavy (non-hydrogen) atoms. The van der Waals surface area contributed by atoms with Crippen LogP contribution in [0.15, 0.2) is 24.3 Å². The quantitative estimate of drug-likeness (QED) is 0.299. The van der Waals surface area contributed by atoms with Crippen molar-refractivity contribution in [2.45, 2.75) is 96.0 Å². The van der Waals surface area contributed by atoms with Gasteiger partial charge in [0.05, 0.1) is 5.60 Å². The van der Waals surface area contributed by atoms with Crippen LogP contribution in [0.3, 0.4) is 0 Å². The van der Waals surface area contributed by atoms with E-state index < -0.39 is 5.60 Å². The Morgan fingerprint density at radius 1 is 1.11 bits per heavy atom. The molecule has 2 rings (SSSR count). The average molecular weight is 377 g/mol. The van der Waals surface area contributed by atoms with Crippen molar-refractivity contribution in [2.75, 3.05) is 6.61 Å². The summed E-state index contributed by atoms with van der Waals surface area (Å²) in [6.07, 6.45) is 21.8. The molecule has 0 saturated heterocycles. The van der Waals surface area contributed by atoms with Crippen molar-refractivity contribution in [2.24, 2.45) is 17.8 Å². The van der Waals surface area contributed by atoms with E-state index in [1.54, 1.807) is 6.08 Å². The van der Waals surface area contributed by atoms with Crippen molar-refractivity contribution in [1.82, 2.24) is 0 Å². The molecule has 0 heterocycles. The summed E-state index contributed by atoms with van der Waals surface area (Å²) in [4.78, 5) is 12.2. The van der Waals surface area contributed by atoms with Gasteiger partial charge in [0.2, 0.25) is 0 Å². The summed E-state index contributed by atoms with van der Waals surface area (Å²) < 4.78 is 0. The summed E-state index contributed by atoms with van der Waals surface area (Å²) in [5, 5.41) is 19.9. The zero-order valence-corrected chi connectivity index (χ0v) is 17.2. The molecule has 0 radical (unpaired) electrons. The number of carbonyl (C=O) groups excluding carboxylic acids is 1. The number of hydrogen-bond acceptors (Lipinski definition) is 3. The number of allylic oxidation sites excluding steroid dienone is 3. The molecule has 0 amide bonds. The third-order valence-electron chi connectivity index (χ3n) is 6.37. The van der Waals surface area contributed by atoms with Gasteiger partial charge in [-0.15, -0.1) is 0 Å². The van der Waals surface area contributed by atoms with Crippen LogP contribution in [0.2, 0.25) is 0 Å². The monoisotopic (exact) mass is 376 g/mol. The summed E-state index contributed by atoms with van der Waals surface area (Å²) in [7, 11) is 0. The maximum Gasteiger partial charge on any atom is 0.159 e. The van der Waals surface area contributed by atoms with E-state index in [9.17, 15) is 9.90 Å². The van der Waals surface area contributed by atoms with Crippen LogP contribution in [0.5, 0.6) is 0 Å². The Balaban J connectivity index is 1.77. The molecule has 1 fully saturated rings. The van der Waals surface area contributed by atoms with Crippen LogP contribution >= 0.6 is 0 Å². The van der Waals surface area contributed by atoms with Gasteiger partial charge in [0.1, 0.15) is 0 Å². The highest BCUT2D eigenvalue weighted by molar-refractivity contribution is 5.94. The van der Waals surface area contributed by atoms with Gasteiger partial charge in [-0.05, 0) is 50.5 Å². The van der Waals surface area contributed by atoms with E-state index in [0.29, 0.717) is 5.92 Å². The predicted molar refractivity (Wildman–Crippen MR) is 111 cm³/mol. The maximum atomic E-state index is 12.2. The fourth-order valence-electron chi connectivity index (χ4n) is 4.40. The van der Waals surface area contributed by atoms with Crippen molar-refractivity contribution in [1.29, 1.82) is 0 Å². The minimum Gasteiger partial charge on any atom is -0.396 e. The van der Waals surface area contributed by atoms with Crippen molar-refractivity contribution in [3.05, 3.63) is 24.3 Å². The van der Waals surface area contributed by atoms with Crippen molar-refractivity contribution >= 4 is 5.78 Å². The van der Waals surface area contributed by atoms with Crippen LogP contribution in [-0.2, 0) is 4.79 Å². The standard InChI is InChI=1S/C24H40O3/c1-2-3-8-17-24(27,21-14-15-21)18-10-11-20-13-16-23(26)22(20)12-7-5-4-6-9-19-25/h10-11,13,16,20-22,25,27H,2-9,12,14-15,17-19H2,1H3/t20-,22+,24?/m0/s1. The van der Waals surface area contributed by atoms with E-state index in [2.05, 4.69) is 19.1 Å². The highest BCUT2D eigenvalue weighted by atomic mass is 16.3. The molecule has 3 nitrogen and oxygen atoms in total. The van der Waals surface area contributed by atoms with Gasteiger partial charge in [-0.1, -0.05) is 70.1 Å². The first-order valence-electron chi connectivity index (χ1n) is 11.3. The molecule has 0 aromatic rings. The number of rotatable bonds is 15. The molecule has 1 saturated carbocycles. The van der Waals surface area contributed by atoms with Gasteiger partial charge < -0.3 is 10.2 Å². The van der Waals surface area contributed by atoms with Gasteiger partial charge >= 0.3 is 0 Å². The van der Waals surface area contributed by atoms with E-state index in [1.165, 1.54) is 12.8 Å². The first-order chi connectivity index (χ1) is 13.1. The molecular weight excluding hydrogens is 336 g/mol. The number of aliphatic hydroxyl groups is 2. The average Bonchev–Trinajstić information content (AvgIpc) is 3.45. The summed E-state index contributed by atoms with van der Waals surface area (Å²) in [6.45, 7) is 2.48. The molecule has 0 bridgehead atoms. The summed E-state index contributed by atoms with van der Waals surface area (Å²) in [5.41, 5.74) is -0.528. The highest BCUT2D eigenvalue weighted by Gasteiger charge is 2.42. The second-order valence-corrected chi connectivity index (χ2v) is 8.69. The zero-order chi connectivity index (χ0) is 19.5. The van der Waals surface area contributed by atoms with E-state index in [1.807, 2.05) is 6.08 Å². The maximum absolute atomic E-state index is 12.2. The Kier molecular flexibility index (Phi) is 9.78. The van der Waals surface area contributed by atoms with E-state index >= 15 is 0 Å². The molecular formula is C24H40O3. The van der Waals surface area contributed by atoms with Gasteiger partial charge in [-0.2, -0.15) is 0 Å². The van der Waals surface area contributed by atoms with Crippen LogP contribution in [0.1, 0.15) is 90.4 Å². The molecule has 0 spiro atoms. The molecule has 3 heteroatoms. The number of ketones is 1. The van der Waals surface area contributed by atoms with Gasteiger partial charge in [0, 0.05) is 18.4 Å². The number of unbranched alkanes of at least 4 members (excludes halogenated alkanes) is 6. The minimum atomic E-state index is -0.528. The second-order valence-electron chi connectivity index (χ2n) is 8.69. The fraction of sp³-hybridized carbons (Fsp3) is 0.792. The Bertz CT molecular complexity index is 492. The predicted octanol–water partition coefficient (Wildman–Crippen LogP) is 5.36. The van der Waals surface area contributed by atoms with E-state index in [-0.39, 0.29) is 24.2 Å². The van der Waals surface area contributed by atoms with Crippen LogP contribution in [0.4, 0.5) is 0 Å². The molecule has 1 unspecified atom stereocenters. The lowest BCUT2D eigenvalue weighted by molar-refractivity contribution is -0.118. The van der Waals surface area contributed by atoms with Crippen LogP contribution in [-0.4, -0.2) is 28.2 Å². The fourth-order valence-corrected chi connectivity index (χ4v) is 4.40. The molecule has 0 aliphatic heterocycles. The Morgan fingerprint density at radius 3 is 2.56 bits per heavy atom. The smallest absolute Gasteiger partial charge is 0.159 e. The Hall–Kier alpha value is -0.930. The van der Waals surface area contributed by atoms with Crippen molar-refractivity contribution < 1.29 is 15.0 Å². The molecule has 2 N–H and O–H groups in total. The SMILES string of the molecule is CCCCCC(O)(CC=C[C@H]1C=CC(=O)[C@@H]1CCCCCCCO)C1CC1. The lowest BCUT2D eigenvalue weighted by atomic mass is 9.85. The molecule has 0 aromatic carbocycles. The summed E-state index contributed by atoms with van der Waals surface area (Å²) in [5.74, 6) is 1.04. The Labute approximate surface area is 165 Å². The molecule has 2 aliphatic carbocycles. The van der Waals surface area contributed by atoms with Crippen molar-refractivity contribution in [3.8, 4) is 0 Å². The first-order valence-corrected chi connectivity index (χ1v) is 11.3. The van der Waals surface area contributed by atoms with Gasteiger partial charge in [-0.3, -0.25) is 4.79 Å². The van der Waals surface area contributed by atoms with E-state index in [0.717, 1.165) is 70.6 Å². The van der Waals surface area contributed by atoms with Gasteiger partial charge in [0.25, 0.3) is 0 Å². The van der Waals surface area contributed by atoms with Crippen molar-refractivity contribution in [3.63, 3.8) is 0 Å². The third kappa shape index (κ3) is 7.54. The van der Waals surface area contributed by atoms with Crippen LogP contribution in [0.25, 0.3) is 0 Å². The van der Waals surface area contributed by atoms with Gasteiger partial charge in [0.15, 0.2) is 5.78 Å². The number of aliphatic hydroxyl groups excluding tert-OH is 1. The lowest BCUT2D eigenvalue weighted by Gasteiger charge is -2.27. The minimum absolute atomic E-state index is 0.0909. The molecule has 2 aliphatic rings. The van der Waals surface area contributed by atoms with Crippen LogP contribution in [0, 0.1) is 17.8 Å². The normalized spacial score (nSPS) is 24.8. The topological polar surface area (TPSA) is 57.5 Å². The molecule has 0 aromatic heterocycles. The highest BCUT2D eigenvalue weighted by Crippen LogP contribution is 2.44. The second kappa shape index (κ2) is 11.8. The lowest BCUT2D eigenvalue weighted by Crippen LogP contribution is -2.30. The van der Waals surface area contributed by atoms with E-state index in [4.69, 9.17) is 5.11 Å². The largest absolute Gasteiger partial charge is 0.396 e. The summed E-state index contributed by atoms with van der Waals surface area (Å²) >= 11 is 0.